The molecule has 4 aromatic carbocycles. The van der Waals surface area contributed by atoms with Gasteiger partial charge in [0.1, 0.15) is 11.2 Å². The summed E-state index contributed by atoms with van der Waals surface area (Å²) in [6.07, 6.45) is 0. The molecule has 0 aromatic heterocycles. The van der Waals surface area contributed by atoms with Crippen LogP contribution in [0.15, 0.2) is 106 Å². The van der Waals surface area contributed by atoms with Crippen LogP contribution in [0.1, 0.15) is 33.4 Å². The third-order valence-electron chi connectivity index (χ3n) is 5.91. The van der Waals surface area contributed by atoms with Gasteiger partial charge in [0.25, 0.3) is 0 Å². The summed E-state index contributed by atoms with van der Waals surface area (Å²) in [4.78, 5) is 0. The van der Waals surface area contributed by atoms with Gasteiger partial charge >= 0.3 is 0 Å². The zero-order valence-corrected chi connectivity index (χ0v) is 19.1. The van der Waals surface area contributed by atoms with E-state index in [1.54, 1.807) is 0 Å². The molecule has 0 aliphatic heterocycles. The highest BCUT2D eigenvalue weighted by Gasteiger charge is 2.51. The van der Waals surface area contributed by atoms with Gasteiger partial charge in [-0.25, -0.2) is 0 Å². The van der Waals surface area contributed by atoms with E-state index >= 15 is 0 Å². The molecule has 4 heteroatoms. The Labute approximate surface area is 192 Å². The van der Waals surface area contributed by atoms with Crippen LogP contribution in [0, 0.1) is 0 Å². The molecule has 0 atom stereocenters. The van der Waals surface area contributed by atoms with Crippen molar-refractivity contribution in [1.29, 1.82) is 0 Å². The molecule has 1 aliphatic rings. The van der Waals surface area contributed by atoms with Crippen molar-refractivity contribution >= 4 is 31.9 Å². The predicted octanol–water partition coefficient (Wildman–Crippen LogP) is 6.09. The first-order chi connectivity index (χ1) is 14.5. The van der Waals surface area contributed by atoms with Crippen molar-refractivity contribution < 1.29 is 10.2 Å². The standard InChI is InChI=1S/C26H18Br2O2/c27-19-11-13-21-23(15-19)26(30,18-9-5-2-6-10-18)24-16-20(28)12-14-22(24)25(21,29)17-7-3-1-4-8-17/h1-16,29-30H. The second-order valence-electron chi connectivity index (χ2n) is 7.53. The van der Waals surface area contributed by atoms with Crippen molar-refractivity contribution in [2.24, 2.45) is 0 Å². The monoisotopic (exact) mass is 520 g/mol. The molecule has 0 radical (unpaired) electrons. The first kappa shape index (κ1) is 19.7. The van der Waals surface area contributed by atoms with E-state index in [0.29, 0.717) is 22.3 Å². The molecule has 5 rings (SSSR count). The average Bonchev–Trinajstić information content (AvgIpc) is 2.78. The van der Waals surface area contributed by atoms with E-state index in [9.17, 15) is 10.2 Å². The minimum absolute atomic E-state index is 0.653. The number of hydrogen-bond acceptors (Lipinski definition) is 2. The predicted molar refractivity (Wildman–Crippen MR) is 125 cm³/mol. The van der Waals surface area contributed by atoms with Gasteiger partial charge in [-0.1, -0.05) is 105 Å². The Kier molecular flexibility index (Phi) is 4.71. The Balaban J connectivity index is 1.95. The van der Waals surface area contributed by atoms with E-state index in [0.717, 1.165) is 20.1 Å². The molecule has 0 bridgehead atoms. The van der Waals surface area contributed by atoms with E-state index in [-0.39, 0.29) is 0 Å². The van der Waals surface area contributed by atoms with Crippen LogP contribution in [0.5, 0.6) is 0 Å². The van der Waals surface area contributed by atoms with Crippen molar-refractivity contribution in [3.63, 3.8) is 0 Å². The smallest absolute Gasteiger partial charge is 0.141 e. The van der Waals surface area contributed by atoms with Crippen LogP contribution < -0.4 is 0 Å². The maximum atomic E-state index is 12.3. The van der Waals surface area contributed by atoms with Crippen LogP contribution in [0.2, 0.25) is 0 Å². The van der Waals surface area contributed by atoms with Gasteiger partial charge in [-0.2, -0.15) is 0 Å². The highest BCUT2D eigenvalue weighted by atomic mass is 79.9. The summed E-state index contributed by atoms with van der Waals surface area (Å²) in [5.74, 6) is 0. The summed E-state index contributed by atoms with van der Waals surface area (Å²) in [7, 11) is 0. The van der Waals surface area contributed by atoms with Crippen LogP contribution >= 0.6 is 31.9 Å². The second-order valence-corrected chi connectivity index (χ2v) is 9.36. The summed E-state index contributed by atoms with van der Waals surface area (Å²) in [6, 6.07) is 30.6. The number of benzene rings is 4. The summed E-state index contributed by atoms with van der Waals surface area (Å²) in [6.45, 7) is 0. The van der Waals surface area contributed by atoms with Gasteiger partial charge in [0.05, 0.1) is 0 Å². The quantitative estimate of drug-likeness (QED) is 0.335. The first-order valence-electron chi connectivity index (χ1n) is 9.62. The van der Waals surface area contributed by atoms with E-state index in [2.05, 4.69) is 31.9 Å². The van der Waals surface area contributed by atoms with Crippen molar-refractivity contribution in [1.82, 2.24) is 0 Å². The third-order valence-corrected chi connectivity index (χ3v) is 6.89. The van der Waals surface area contributed by atoms with Crippen LogP contribution in [-0.4, -0.2) is 10.2 Å². The fraction of sp³-hybridized carbons (Fsp3) is 0.0769. The molecule has 0 amide bonds. The van der Waals surface area contributed by atoms with Crippen molar-refractivity contribution in [3.05, 3.63) is 139 Å². The van der Waals surface area contributed by atoms with Crippen molar-refractivity contribution in [2.45, 2.75) is 11.2 Å². The molecule has 0 saturated carbocycles. The molecule has 0 saturated heterocycles. The Morgan fingerprint density at radius 2 is 0.833 bits per heavy atom. The fourth-order valence-corrected chi connectivity index (χ4v) is 5.26. The van der Waals surface area contributed by atoms with E-state index < -0.39 is 11.2 Å². The van der Waals surface area contributed by atoms with Crippen molar-refractivity contribution in [2.75, 3.05) is 0 Å². The van der Waals surface area contributed by atoms with E-state index in [4.69, 9.17) is 0 Å². The lowest BCUT2D eigenvalue weighted by Gasteiger charge is -2.45. The number of rotatable bonds is 2. The van der Waals surface area contributed by atoms with Crippen molar-refractivity contribution in [3.8, 4) is 0 Å². The van der Waals surface area contributed by atoms with E-state index in [1.165, 1.54) is 0 Å². The van der Waals surface area contributed by atoms with Crippen LogP contribution in [0.3, 0.4) is 0 Å². The molecule has 4 aromatic rings. The maximum absolute atomic E-state index is 12.3. The molecular weight excluding hydrogens is 504 g/mol. The zero-order valence-electron chi connectivity index (χ0n) is 15.9. The Morgan fingerprint density at radius 3 is 1.23 bits per heavy atom. The van der Waals surface area contributed by atoms with Gasteiger partial charge in [0, 0.05) is 20.1 Å². The number of fused-ring (bicyclic) bond motifs is 2. The lowest BCUT2D eigenvalue weighted by atomic mass is 9.63. The minimum Gasteiger partial charge on any atom is -0.376 e. The van der Waals surface area contributed by atoms with Crippen LogP contribution in [0.4, 0.5) is 0 Å². The maximum Gasteiger partial charge on any atom is 0.141 e. The van der Waals surface area contributed by atoms with Gasteiger partial charge in [-0.3, -0.25) is 0 Å². The zero-order chi connectivity index (χ0) is 20.9. The summed E-state index contributed by atoms with van der Waals surface area (Å²) in [5, 5.41) is 24.6. The SMILES string of the molecule is OC1(c2ccccc2)c2ccc(Br)cc2C(O)(c2ccccc2)c2cc(Br)ccc21. The molecule has 148 valence electrons. The Bertz CT molecular complexity index is 1180. The molecule has 0 spiro atoms. The Morgan fingerprint density at radius 1 is 0.467 bits per heavy atom. The molecular formula is C26H18Br2O2. The summed E-state index contributed by atoms with van der Waals surface area (Å²) < 4.78 is 1.67. The van der Waals surface area contributed by atoms with Gasteiger partial charge in [0.15, 0.2) is 0 Å². The average molecular weight is 522 g/mol. The van der Waals surface area contributed by atoms with Gasteiger partial charge < -0.3 is 10.2 Å². The second kappa shape index (κ2) is 7.17. The Hall–Kier alpha value is -2.24. The highest BCUT2D eigenvalue weighted by Crippen LogP contribution is 2.53. The van der Waals surface area contributed by atoms with Gasteiger partial charge in [-0.15, -0.1) is 0 Å². The summed E-state index contributed by atoms with van der Waals surface area (Å²) >= 11 is 7.12. The number of aliphatic hydroxyl groups is 2. The molecule has 2 N–H and O–H groups in total. The molecule has 1 aliphatic carbocycles. The van der Waals surface area contributed by atoms with E-state index in [1.807, 2.05) is 97.1 Å². The lowest BCUT2D eigenvalue weighted by molar-refractivity contribution is 0.0746. The third kappa shape index (κ3) is 2.75. The molecule has 0 fully saturated rings. The number of hydrogen-bond donors (Lipinski definition) is 2. The van der Waals surface area contributed by atoms with Crippen LogP contribution in [0.25, 0.3) is 0 Å². The highest BCUT2D eigenvalue weighted by molar-refractivity contribution is 9.10. The molecule has 2 nitrogen and oxygen atoms in total. The summed E-state index contributed by atoms with van der Waals surface area (Å²) in [5.41, 5.74) is 1.33. The first-order valence-corrected chi connectivity index (χ1v) is 11.2. The fourth-order valence-electron chi connectivity index (χ4n) is 4.53. The van der Waals surface area contributed by atoms with Gasteiger partial charge in [0.2, 0.25) is 0 Å². The lowest BCUT2D eigenvalue weighted by Crippen LogP contribution is -2.44. The number of halogens is 2. The minimum atomic E-state index is -1.42. The van der Waals surface area contributed by atoms with Gasteiger partial charge in [-0.05, 0) is 46.5 Å². The normalized spacial score (nSPS) is 22.3. The topological polar surface area (TPSA) is 40.5 Å². The molecule has 0 unspecified atom stereocenters. The van der Waals surface area contributed by atoms with Crippen LogP contribution in [-0.2, 0) is 11.2 Å². The largest absolute Gasteiger partial charge is 0.376 e. The molecule has 30 heavy (non-hydrogen) atoms. The molecule has 0 heterocycles.